The van der Waals surface area contributed by atoms with Crippen LogP contribution in [0.3, 0.4) is 0 Å². The lowest BCUT2D eigenvalue weighted by atomic mass is 10.1. The van der Waals surface area contributed by atoms with Crippen LogP contribution in [0.4, 0.5) is 4.39 Å². The maximum Gasteiger partial charge on any atom is 0.157 e. The first-order valence-corrected chi connectivity index (χ1v) is 7.65. The number of nitrogens with one attached hydrogen (secondary N) is 1. The molecule has 19 heavy (non-hydrogen) atoms. The zero-order valence-corrected chi connectivity index (χ0v) is 12.5. The van der Waals surface area contributed by atoms with E-state index < -0.39 is 0 Å². The summed E-state index contributed by atoms with van der Waals surface area (Å²) >= 11 is 1.81. The smallest absolute Gasteiger partial charge is 0.157 e. The molecule has 2 rings (SSSR count). The van der Waals surface area contributed by atoms with E-state index in [0.29, 0.717) is 11.2 Å². The molecule has 0 bridgehead atoms. The molecule has 1 aromatic carbocycles. The Morgan fingerprint density at radius 3 is 2.89 bits per heavy atom. The number of halogens is 1. The van der Waals surface area contributed by atoms with Crippen molar-refractivity contribution >= 4 is 16.9 Å². The molecule has 0 spiro atoms. The Hall–Kier alpha value is -1.03. The van der Waals surface area contributed by atoms with Gasteiger partial charge in [0.1, 0.15) is 5.82 Å². The number of rotatable bonds is 4. The summed E-state index contributed by atoms with van der Waals surface area (Å²) in [6.45, 7) is 7.40. The Balaban J connectivity index is 1.89. The van der Waals surface area contributed by atoms with Crippen LogP contribution in [0.1, 0.15) is 38.8 Å². The molecule has 2 nitrogen and oxygen atoms in total. The molecule has 0 radical (unpaired) electrons. The van der Waals surface area contributed by atoms with Gasteiger partial charge in [0, 0.05) is 5.25 Å². The Kier molecular flexibility index (Phi) is 4.86. The summed E-state index contributed by atoms with van der Waals surface area (Å²) in [5.41, 5.74) is 0.954. The highest BCUT2D eigenvalue weighted by Gasteiger charge is 2.21. The van der Waals surface area contributed by atoms with Gasteiger partial charge in [-0.25, -0.2) is 4.39 Å². The van der Waals surface area contributed by atoms with E-state index in [-0.39, 0.29) is 11.9 Å². The molecule has 0 aromatic heterocycles. The number of hydrogen-bond acceptors (Lipinski definition) is 3. The Labute approximate surface area is 118 Å². The van der Waals surface area contributed by atoms with Gasteiger partial charge in [-0.05, 0) is 37.0 Å². The molecule has 0 fully saturated rings. The summed E-state index contributed by atoms with van der Waals surface area (Å²) in [7, 11) is 0. The van der Waals surface area contributed by atoms with E-state index >= 15 is 0 Å². The van der Waals surface area contributed by atoms with Crippen molar-refractivity contribution in [1.29, 1.82) is 0 Å². The van der Waals surface area contributed by atoms with E-state index in [4.69, 9.17) is 0 Å². The number of aliphatic imine (C=N–C) groups is 1. The maximum atomic E-state index is 13.2. The number of thioether (sulfide) groups is 1. The molecule has 1 aliphatic rings. The minimum Gasteiger partial charge on any atom is -0.358 e. The third kappa shape index (κ3) is 4.23. The zero-order valence-electron chi connectivity index (χ0n) is 11.7. The Bertz CT molecular complexity index is 459. The van der Waals surface area contributed by atoms with Crippen molar-refractivity contribution < 1.29 is 4.39 Å². The van der Waals surface area contributed by atoms with Gasteiger partial charge in [0.15, 0.2) is 5.17 Å². The van der Waals surface area contributed by atoms with Crippen molar-refractivity contribution in [3.05, 3.63) is 35.6 Å². The first-order chi connectivity index (χ1) is 9.04. The first kappa shape index (κ1) is 14.4. The van der Waals surface area contributed by atoms with Crippen LogP contribution in [0, 0.1) is 11.7 Å². The summed E-state index contributed by atoms with van der Waals surface area (Å²) in [6, 6.07) is 6.81. The fourth-order valence-corrected chi connectivity index (χ4v) is 3.53. The number of nitrogens with zero attached hydrogens (tertiary/aromatic N) is 1. The number of amidine groups is 1. The topological polar surface area (TPSA) is 24.4 Å². The second-order valence-corrected chi connectivity index (χ2v) is 6.73. The van der Waals surface area contributed by atoms with E-state index in [2.05, 4.69) is 24.2 Å². The zero-order chi connectivity index (χ0) is 13.8. The van der Waals surface area contributed by atoms with Gasteiger partial charge >= 0.3 is 0 Å². The van der Waals surface area contributed by atoms with Crippen LogP contribution in [-0.4, -0.2) is 17.0 Å². The van der Waals surface area contributed by atoms with Gasteiger partial charge < -0.3 is 5.32 Å². The maximum absolute atomic E-state index is 13.2. The van der Waals surface area contributed by atoms with Crippen molar-refractivity contribution in [1.82, 2.24) is 5.32 Å². The lowest BCUT2D eigenvalue weighted by Crippen LogP contribution is -2.23. The van der Waals surface area contributed by atoms with Crippen molar-refractivity contribution in [2.45, 2.75) is 38.5 Å². The highest BCUT2D eigenvalue weighted by atomic mass is 32.2. The van der Waals surface area contributed by atoms with Gasteiger partial charge in [0.25, 0.3) is 0 Å². The third-order valence-corrected chi connectivity index (χ3v) is 4.28. The minimum absolute atomic E-state index is 0.0831. The van der Waals surface area contributed by atoms with Gasteiger partial charge in [-0.1, -0.05) is 37.7 Å². The standard InChI is InChI=1S/C15H21FN2S/c1-10(2)7-14-9-17-15(19-14)18-11(3)12-5-4-6-13(16)8-12/h4-6,8,10-11,14H,7,9H2,1-3H3,(H,17,18). The van der Waals surface area contributed by atoms with Crippen LogP contribution < -0.4 is 5.32 Å². The molecule has 2 atom stereocenters. The van der Waals surface area contributed by atoms with Gasteiger partial charge in [0.2, 0.25) is 0 Å². The average molecular weight is 280 g/mol. The molecule has 1 N–H and O–H groups in total. The van der Waals surface area contributed by atoms with Crippen LogP contribution >= 0.6 is 11.8 Å². The lowest BCUT2D eigenvalue weighted by molar-refractivity contribution is 0.575. The molecule has 0 saturated heterocycles. The van der Waals surface area contributed by atoms with Gasteiger partial charge in [-0.15, -0.1) is 0 Å². The van der Waals surface area contributed by atoms with E-state index in [0.717, 1.165) is 17.3 Å². The number of benzene rings is 1. The van der Waals surface area contributed by atoms with E-state index in [1.54, 1.807) is 12.1 Å². The highest BCUT2D eigenvalue weighted by molar-refractivity contribution is 8.14. The SMILES string of the molecule is CC(C)CC1CN=C(NC(C)c2cccc(F)c2)S1. The van der Waals surface area contributed by atoms with E-state index in [1.807, 2.05) is 24.8 Å². The molecular formula is C15H21FN2S. The van der Waals surface area contributed by atoms with Crippen LogP contribution in [0.5, 0.6) is 0 Å². The quantitative estimate of drug-likeness (QED) is 0.901. The molecule has 104 valence electrons. The second-order valence-electron chi connectivity index (χ2n) is 5.44. The Morgan fingerprint density at radius 1 is 1.42 bits per heavy atom. The highest BCUT2D eigenvalue weighted by Crippen LogP contribution is 2.27. The van der Waals surface area contributed by atoms with Crippen molar-refractivity contribution in [3.8, 4) is 0 Å². The summed E-state index contributed by atoms with van der Waals surface area (Å²) in [4.78, 5) is 4.53. The largest absolute Gasteiger partial charge is 0.358 e. The summed E-state index contributed by atoms with van der Waals surface area (Å²) in [5.74, 6) is 0.512. The third-order valence-electron chi connectivity index (χ3n) is 3.14. The molecule has 0 amide bonds. The molecule has 4 heteroatoms. The van der Waals surface area contributed by atoms with Gasteiger partial charge in [0.05, 0.1) is 12.6 Å². The normalized spacial score (nSPS) is 20.5. The predicted molar refractivity (Wildman–Crippen MR) is 81.1 cm³/mol. The fourth-order valence-electron chi connectivity index (χ4n) is 2.19. The average Bonchev–Trinajstić information content (AvgIpc) is 2.75. The summed E-state index contributed by atoms with van der Waals surface area (Å²) in [5, 5.41) is 4.95. The second kappa shape index (κ2) is 6.42. The molecule has 0 aliphatic carbocycles. The van der Waals surface area contributed by atoms with Crippen molar-refractivity contribution in [2.24, 2.45) is 10.9 Å². The van der Waals surface area contributed by atoms with Crippen molar-refractivity contribution in [2.75, 3.05) is 6.54 Å². The van der Waals surface area contributed by atoms with Gasteiger partial charge in [-0.3, -0.25) is 4.99 Å². The number of hydrogen-bond donors (Lipinski definition) is 1. The Morgan fingerprint density at radius 2 is 2.21 bits per heavy atom. The van der Waals surface area contributed by atoms with E-state index in [9.17, 15) is 4.39 Å². The van der Waals surface area contributed by atoms with Crippen molar-refractivity contribution in [3.63, 3.8) is 0 Å². The first-order valence-electron chi connectivity index (χ1n) is 6.77. The monoisotopic (exact) mass is 280 g/mol. The fraction of sp³-hybridized carbons (Fsp3) is 0.533. The molecule has 1 aliphatic heterocycles. The minimum atomic E-state index is -0.190. The predicted octanol–water partition coefficient (Wildman–Crippen LogP) is 3.99. The van der Waals surface area contributed by atoms with Crippen LogP contribution in [-0.2, 0) is 0 Å². The molecule has 2 unspecified atom stereocenters. The van der Waals surface area contributed by atoms with Crippen LogP contribution in [0.15, 0.2) is 29.3 Å². The summed E-state index contributed by atoms with van der Waals surface area (Å²) < 4.78 is 13.2. The van der Waals surface area contributed by atoms with Crippen LogP contribution in [0.25, 0.3) is 0 Å². The van der Waals surface area contributed by atoms with Crippen LogP contribution in [0.2, 0.25) is 0 Å². The van der Waals surface area contributed by atoms with Gasteiger partial charge in [-0.2, -0.15) is 0 Å². The molecule has 0 saturated carbocycles. The molecule has 1 heterocycles. The molecular weight excluding hydrogens is 259 g/mol. The lowest BCUT2D eigenvalue weighted by Gasteiger charge is -2.16. The van der Waals surface area contributed by atoms with E-state index in [1.165, 1.54) is 12.5 Å². The molecule has 1 aromatic rings. The summed E-state index contributed by atoms with van der Waals surface area (Å²) in [6.07, 6.45) is 1.19.